The Balaban J connectivity index is 1.97. The van der Waals surface area contributed by atoms with E-state index in [9.17, 15) is 0 Å². The Morgan fingerprint density at radius 3 is 2.84 bits per heavy atom. The maximum atomic E-state index is 4.44. The quantitative estimate of drug-likeness (QED) is 0.718. The van der Waals surface area contributed by atoms with Crippen LogP contribution in [0.4, 0.5) is 0 Å². The lowest BCUT2D eigenvalue weighted by atomic mass is 10.2. The number of aryl methyl sites for hydroxylation is 2. The topological polar surface area (TPSA) is 43.6 Å². The van der Waals surface area contributed by atoms with Crippen LogP contribution in [0.5, 0.6) is 0 Å². The fourth-order valence-corrected chi connectivity index (χ4v) is 3.07. The summed E-state index contributed by atoms with van der Waals surface area (Å²) < 4.78 is 2.83. The Morgan fingerprint density at radius 2 is 2.11 bits per heavy atom. The molecule has 0 atom stereocenters. The lowest BCUT2D eigenvalue weighted by Gasteiger charge is -1.95. The lowest BCUT2D eigenvalue weighted by molar-refractivity contribution is 0.774. The molecule has 0 bridgehead atoms. The second-order valence-electron chi connectivity index (χ2n) is 4.18. The highest BCUT2D eigenvalue weighted by atomic mass is 79.9. The van der Waals surface area contributed by atoms with Crippen LogP contribution < -0.4 is 0 Å². The predicted octanol–water partition coefficient (Wildman–Crippen LogP) is 3.67. The minimum atomic E-state index is 0.909. The first-order chi connectivity index (χ1) is 9.13. The molecule has 0 N–H and O–H groups in total. The van der Waals surface area contributed by atoms with Gasteiger partial charge in [0.25, 0.3) is 0 Å². The van der Waals surface area contributed by atoms with E-state index in [0.29, 0.717) is 0 Å². The molecule has 0 saturated heterocycles. The van der Waals surface area contributed by atoms with Crippen molar-refractivity contribution in [1.29, 1.82) is 0 Å². The third-order valence-electron chi connectivity index (χ3n) is 2.80. The smallest absolute Gasteiger partial charge is 0.157 e. The number of pyridine rings is 1. The van der Waals surface area contributed by atoms with Crippen molar-refractivity contribution in [1.82, 2.24) is 19.7 Å². The highest BCUT2D eigenvalue weighted by molar-refractivity contribution is 9.11. The van der Waals surface area contributed by atoms with Crippen molar-refractivity contribution in [2.45, 2.75) is 6.92 Å². The molecule has 0 amide bonds. The van der Waals surface area contributed by atoms with Crippen molar-refractivity contribution in [2.24, 2.45) is 7.05 Å². The molecule has 0 aliphatic carbocycles. The molecular formula is C13H11BrN4S. The molecule has 0 unspecified atom stereocenters. The Morgan fingerprint density at radius 1 is 1.26 bits per heavy atom. The number of rotatable bonds is 2. The van der Waals surface area contributed by atoms with Crippen molar-refractivity contribution in [3.63, 3.8) is 0 Å². The van der Waals surface area contributed by atoms with Crippen LogP contribution in [0.2, 0.25) is 0 Å². The maximum absolute atomic E-state index is 4.44. The number of nitrogens with zero attached hydrogens (tertiary/aromatic N) is 4. The van der Waals surface area contributed by atoms with E-state index in [2.05, 4.69) is 37.1 Å². The molecule has 96 valence electrons. The average molecular weight is 335 g/mol. The number of hydrogen-bond donors (Lipinski definition) is 0. The number of fused-ring (bicyclic) bond motifs is 1. The monoisotopic (exact) mass is 334 g/mol. The van der Waals surface area contributed by atoms with Gasteiger partial charge in [-0.1, -0.05) is 6.08 Å². The highest BCUT2D eigenvalue weighted by Crippen LogP contribution is 2.22. The molecule has 6 heteroatoms. The van der Waals surface area contributed by atoms with Crippen LogP contribution in [0, 0.1) is 6.92 Å². The largest absolute Gasteiger partial charge is 0.250 e. The third-order valence-corrected chi connectivity index (χ3v) is 4.24. The zero-order valence-corrected chi connectivity index (χ0v) is 12.9. The van der Waals surface area contributed by atoms with Gasteiger partial charge in [-0.3, -0.25) is 4.68 Å². The molecule has 4 nitrogen and oxygen atoms in total. The molecular weight excluding hydrogens is 324 g/mol. The maximum Gasteiger partial charge on any atom is 0.157 e. The van der Waals surface area contributed by atoms with E-state index in [1.54, 1.807) is 22.2 Å². The van der Waals surface area contributed by atoms with Crippen molar-refractivity contribution >= 4 is 50.5 Å². The standard InChI is InChI=1S/C13H11BrN4S/c1-8-10-5-9(6-16-13(10)18(2)17-8)3-4-12-15-7-11(14)19-12/h3-7H,1-2H3. The number of thiazole rings is 1. The van der Waals surface area contributed by atoms with Crippen LogP contribution in [0.15, 0.2) is 22.2 Å². The molecule has 3 aromatic rings. The first-order valence-electron chi connectivity index (χ1n) is 5.72. The molecule has 0 aromatic carbocycles. The SMILES string of the molecule is Cc1nn(C)c2ncc(C=Cc3ncc(Br)s3)cc12. The normalized spacial score (nSPS) is 11.7. The second kappa shape index (κ2) is 4.86. The molecule has 0 aliphatic rings. The van der Waals surface area contributed by atoms with E-state index >= 15 is 0 Å². The summed E-state index contributed by atoms with van der Waals surface area (Å²) in [6.45, 7) is 2.00. The van der Waals surface area contributed by atoms with Crippen molar-refractivity contribution in [3.05, 3.63) is 38.5 Å². The van der Waals surface area contributed by atoms with E-state index in [4.69, 9.17) is 0 Å². The van der Waals surface area contributed by atoms with E-state index in [1.165, 1.54) is 0 Å². The summed E-state index contributed by atoms with van der Waals surface area (Å²) in [5.74, 6) is 0. The zero-order chi connectivity index (χ0) is 13.4. The molecule has 0 saturated carbocycles. The van der Waals surface area contributed by atoms with E-state index < -0.39 is 0 Å². The molecule has 0 aliphatic heterocycles. The minimum absolute atomic E-state index is 0.909. The fourth-order valence-electron chi connectivity index (χ4n) is 1.93. The summed E-state index contributed by atoms with van der Waals surface area (Å²) >= 11 is 5.00. The summed E-state index contributed by atoms with van der Waals surface area (Å²) in [4.78, 5) is 8.70. The molecule has 3 aromatic heterocycles. The first-order valence-corrected chi connectivity index (χ1v) is 7.33. The highest BCUT2D eigenvalue weighted by Gasteiger charge is 2.05. The van der Waals surface area contributed by atoms with Crippen LogP contribution in [0.1, 0.15) is 16.3 Å². The molecule has 3 rings (SSSR count). The fraction of sp³-hybridized carbons (Fsp3) is 0.154. The lowest BCUT2D eigenvalue weighted by Crippen LogP contribution is -1.91. The van der Waals surface area contributed by atoms with Gasteiger partial charge in [-0.15, -0.1) is 11.3 Å². The van der Waals surface area contributed by atoms with Gasteiger partial charge in [0.15, 0.2) is 5.65 Å². The van der Waals surface area contributed by atoms with E-state index in [-0.39, 0.29) is 0 Å². The zero-order valence-electron chi connectivity index (χ0n) is 10.5. The van der Waals surface area contributed by atoms with Gasteiger partial charge in [0.2, 0.25) is 0 Å². The van der Waals surface area contributed by atoms with Crippen LogP contribution in [-0.4, -0.2) is 19.7 Å². The Labute approximate surface area is 122 Å². The van der Waals surface area contributed by atoms with Crippen LogP contribution in [-0.2, 0) is 7.05 Å². The number of hydrogen-bond acceptors (Lipinski definition) is 4. The number of halogens is 1. The van der Waals surface area contributed by atoms with Gasteiger partial charge in [-0.2, -0.15) is 5.10 Å². The Kier molecular flexibility index (Phi) is 3.20. The van der Waals surface area contributed by atoms with Crippen molar-refractivity contribution in [2.75, 3.05) is 0 Å². The molecule has 3 heterocycles. The Bertz CT molecular complexity index is 772. The summed E-state index contributed by atoms with van der Waals surface area (Å²) in [6, 6.07) is 2.10. The van der Waals surface area contributed by atoms with E-state index in [1.807, 2.05) is 32.3 Å². The number of aromatic nitrogens is 4. The van der Waals surface area contributed by atoms with Gasteiger partial charge < -0.3 is 0 Å². The van der Waals surface area contributed by atoms with Gasteiger partial charge in [0.1, 0.15) is 5.01 Å². The summed E-state index contributed by atoms with van der Waals surface area (Å²) in [6.07, 6.45) is 7.66. The van der Waals surface area contributed by atoms with Crippen molar-refractivity contribution in [3.8, 4) is 0 Å². The summed E-state index contributed by atoms with van der Waals surface area (Å²) in [7, 11) is 1.91. The van der Waals surface area contributed by atoms with Crippen LogP contribution in [0.25, 0.3) is 23.2 Å². The van der Waals surface area contributed by atoms with Crippen LogP contribution in [0.3, 0.4) is 0 Å². The minimum Gasteiger partial charge on any atom is -0.250 e. The van der Waals surface area contributed by atoms with Crippen LogP contribution >= 0.6 is 27.3 Å². The van der Waals surface area contributed by atoms with Gasteiger partial charge in [0, 0.05) is 18.6 Å². The molecule has 0 spiro atoms. The predicted molar refractivity (Wildman–Crippen MR) is 82.0 cm³/mol. The van der Waals surface area contributed by atoms with Gasteiger partial charge in [-0.05, 0) is 40.6 Å². The molecule has 19 heavy (non-hydrogen) atoms. The van der Waals surface area contributed by atoms with Gasteiger partial charge in [-0.25, -0.2) is 9.97 Å². The van der Waals surface area contributed by atoms with Gasteiger partial charge in [0.05, 0.1) is 15.7 Å². The summed E-state index contributed by atoms with van der Waals surface area (Å²) in [5, 5.41) is 6.42. The Hall–Kier alpha value is -1.53. The van der Waals surface area contributed by atoms with Gasteiger partial charge >= 0.3 is 0 Å². The van der Waals surface area contributed by atoms with E-state index in [0.717, 1.165) is 31.1 Å². The second-order valence-corrected chi connectivity index (χ2v) is 6.63. The average Bonchev–Trinajstić information content (AvgIpc) is 2.92. The first kappa shape index (κ1) is 12.5. The molecule has 0 radical (unpaired) electrons. The summed E-state index contributed by atoms with van der Waals surface area (Å²) in [5.41, 5.74) is 2.96. The van der Waals surface area contributed by atoms with Crippen molar-refractivity contribution < 1.29 is 0 Å². The molecule has 0 fully saturated rings. The third kappa shape index (κ3) is 2.46.